The summed E-state index contributed by atoms with van der Waals surface area (Å²) in [5.74, 6) is -2.07. The molecular formula is C12H17N3O5. The molecule has 1 atom stereocenters. The van der Waals surface area contributed by atoms with Gasteiger partial charge in [-0.05, 0) is 12.0 Å². The van der Waals surface area contributed by atoms with E-state index in [2.05, 4.69) is 5.73 Å². The Morgan fingerprint density at radius 2 is 1.70 bits per heavy atom. The van der Waals surface area contributed by atoms with E-state index in [1.807, 2.05) is 35.6 Å². The third kappa shape index (κ3) is 9.42. The molecule has 0 fully saturated rings. The second-order valence-corrected chi connectivity index (χ2v) is 3.75. The quantitative estimate of drug-likeness (QED) is 0.485. The van der Waals surface area contributed by atoms with Gasteiger partial charge < -0.3 is 27.0 Å². The fraction of sp³-hybridized carbons (Fsp3) is 0.250. The number of hydrogen-bond donors (Lipinski definition) is 5. The molecule has 8 heteroatoms. The Bertz CT molecular complexity index is 436. The maximum Gasteiger partial charge on any atom is 0.323 e. The Hall–Kier alpha value is -2.61. The third-order valence-electron chi connectivity index (χ3n) is 2.03. The van der Waals surface area contributed by atoms with Gasteiger partial charge >= 0.3 is 18.0 Å². The smallest absolute Gasteiger partial charge is 0.323 e. The summed E-state index contributed by atoms with van der Waals surface area (Å²) < 4.78 is 0. The third-order valence-corrected chi connectivity index (χ3v) is 2.03. The van der Waals surface area contributed by atoms with E-state index in [0.29, 0.717) is 6.42 Å². The number of carboxylic acids is 2. The molecule has 1 unspecified atom stereocenters. The summed E-state index contributed by atoms with van der Waals surface area (Å²) in [6.07, 6.45) is 0.385. The van der Waals surface area contributed by atoms with E-state index in [0.717, 1.165) is 5.56 Å². The van der Waals surface area contributed by atoms with Gasteiger partial charge in [0, 0.05) is 0 Å². The lowest BCUT2D eigenvalue weighted by molar-refractivity contribution is -0.138. The molecule has 1 aromatic carbocycles. The predicted octanol–water partition coefficient (Wildman–Crippen LogP) is -0.620. The number of aliphatic carboxylic acids is 2. The topological polar surface area (TPSA) is 156 Å². The van der Waals surface area contributed by atoms with Crippen LogP contribution < -0.4 is 16.8 Å². The van der Waals surface area contributed by atoms with Gasteiger partial charge in [-0.25, -0.2) is 4.79 Å². The van der Waals surface area contributed by atoms with Gasteiger partial charge in [0.2, 0.25) is 0 Å². The molecule has 0 saturated heterocycles. The zero-order chi connectivity index (χ0) is 15.5. The monoisotopic (exact) mass is 283 g/mol. The molecule has 0 heterocycles. The van der Waals surface area contributed by atoms with Crippen molar-refractivity contribution in [2.75, 3.05) is 6.54 Å². The van der Waals surface area contributed by atoms with Crippen molar-refractivity contribution in [2.45, 2.75) is 12.5 Å². The fourth-order valence-electron chi connectivity index (χ4n) is 1.12. The van der Waals surface area contributed by atoms with E-state index in [1.54, 1.807) is 0 Å². The summed E-state index contributed by atoms with van der Waals surface area (Å²) in [6.45, 7) is -0.421. The van der Waals surface area contributed by atoms with Gasteiger partial charge in [0.25, 0.3) is 0 Å². The predicted molar refractivity (Wildman–Crippen MR) is 71.0 cm³/mol. The van der Waals surface area contributed by atoms with Crippen molar-refractivity contribution < 1.29 is 24.6 Å². The van der Waals surface area contributed by atoms with Crippen LogP contribution in [0.3, 0.4) is 0 Å². The molecule has 0 saturated carbocycles. The number of urea groups is 1. The van der Waals surface area contributed by atoms with Crippen LogP contribution in [-0.2, 0) is 16.0 Å². The number of benzene rings is 1. The van der Waals surface area contributed by atoms with E-state index in [9.17, 15) is 14.4 Å². The summed E-state index contributed by atoms with van der Waals surface area (Å²) in [5, 5.41) is 18.3. The van der Waals surface area contributed by atoms with Gasteiger partial charge in [-0.15, -0.1) is 0 Å². The largest absolute Gasteiger partial charge is 0.480 e. The molecule has 110 valence electrons. The summed E-state index contributed by atoms with van der Waals surface area (Å²) in [4.78, 5) is 29.8. The highest BCUT2D eigenvalue weighted by molar-refractivity contribution is 5.78. The van der Waals surface area contributed by atoms with Crippen LogP contribution in [0.5, 0.6) is 0 Å². The molecule has 0 aliphatic rings. The molecular weight excluding hydrogens is 266 g/mol. The molecule has 1 aromatic rings. The molecule has 0 bridgehead atoms. The number of carbonyl (C=O) groups is 3. The van der Waals surface area contributed by atoms with Crippen LogP contribution in [0.4, 0.5) is 4.79 Å². The van der Waals surface area contributed by atoms with Crippen molar-refractivity contribution in [2.24, 2.45) is 11.5 Å². The van der Waals surface area contributed by atoms with Crippen LogP contribution >= 0.6 is 0 Å². The zero-order valence-corrected chi connectivity index (χ0v) is 10.7. The first-order valence-corrected chi connectivity index (χ1v) is 5.60. The van der Waals surface area contributed by atoms with Crippen LogP contribution in [0.15, 0.2) is 30.3 Å². The van der Waals surface area contributed by atoms with Crippen molar-refractivity contribution >= 4 is 18.0 Å². The lowest BCUT2D eigenvalue weighted by atomic mass is 10.1. The molecule has 0 radical (unpaired) electrons. The number of amides is 2. The van der Waals surface area contributed by atoms with Gasteiger partial charge in [-0.3, -0.25) is 9.59 Å². The van der Waals surface area contributed by atoms with Crippen LogP contribution in [0.2, 0.25) is 0 Å². The highest BCUT2D eigenvalue weighted by atomic mass is 16.4. The molecule has 0 spiro atoms. The van der Waals surface area contributed by atoms with Crippen molar-refractivity contribution in [3.05, 3.63) is 35.9 Å². The Kier molecular flexibility index (Phi) is 8.12. The van der Waals surface area contributed by atoms with Gasteiger partial charge in [0.05, 0.1) is 0 Å². The number of nitrogens with one attached hydrogen (secondary N) is 1. The van der Waals surface area contributed by atoms with Crippen molar-refractivity contribution in [3.63, 3.8) is 0 Å². The molecule has 0 aliphatic carbocycles. The fourth-order valence-corrected chi connectivity index (χ4v) is 1.12. The minimum absolute atomic E-state index is 0.385. The van der Waals surface area contributed by atoms with Gasteiger partial charge in [0.15, 0.2) is 0 Å². The van der Waals surface area contributed by atoms with E-state index >= 15 is 0 Å². The molecule has 0 aliphatic heterocycles. The molecule has 1 rings (SSSR count). The summed E-state index contributed by atoms with van der Waals surface area (Å²) in [6, 6.07) is 7.72. The number of carbonyl (C=O) groups excluding carboxylic acids is 1. The Labute approximate surface area is 115 Å². The maximum absolute atomic E-state index is 10.4. The minimum Gasteiger partial charge on any atom is -0.480 e. The number of primary amides is 1. The average molecular weight is 283 g/mol. The summed E-state index contributed by atoms with van der Waals surface area (Å²) >= 11 is 0. The first-order valence-electron chi connectivity index (χ1n) is 5.60. The van der Waals surface area contributed by atoms with Crippen LogP contribution in [-0.4, -0.2) is 40.8 Å². The van der Waals surface area contributed by atoms with Gasteiger partial charge in [-0.1, -0.05) is 30.3 Å². The zero-order valence-electron chi connectivity index (χ0n) is 10.7. The lowest BCUT2D eigenvalue weighted by Gasteiger charge is -2.04. The summed E-state index contributed by atoms with van der Waals surface area (Å²) in [5.41, 5.74) is 10.8. The average Bonchev–Trinajstić information content (AvgIpc) is 2.38. The maximum atomic E-state index is 10.4. The highest BCUT2D eigenvalue weighted by Gasteiger charge is 2.10. The molecule has 20 heavy (non-hydrogen) atoms. The highest BCUT2D eigenvalue weighted by Crippen LogP contribution is 2.01. The lowest BCUT2D eigenvalue weighted by Crippen LogP contribution is -2.33. The molecule has 0 aromatic heterocycles. The number of carboxylic acid groups (broad SMARTS) is 2. The first-order chi connectivity index (χ1) is 9.32. The van der Waals surface area contributed by atoms with Crippen LogP contribution in [0.1, 0.15) is 5.56 Å². The number of nitrogens with two attached hydrogens (primary N) is 2. The Balaban J connectivity index is 0.000000396. The SMILES string of the molecule is NC(=O)NCC(=O)O.NC(Cc1ccccc1)C(=O)O. The normalized spacial score (nSPS) is 10.7. The molecule has 7 N–H and O–H groups in total. The van der Waals surface area contributed by atoms with E-state index in [1.165, 1.54) is 0 Å². The van der Waals surface area contributed by atoms with E-state index in [4.69, 9.17) is 15.9 Å². The van der Waals surface area contributed by atoms with E-state index < -0.39 is 30.6 Å². The minimum atomic E-state index is -1.11. The Morgan fingerprint density at radius 1 is 1.15 bits per heavy atom. The number of rotatable bonds is 5. The van der Waals surface area contributed by atoms with Gasteiger partial charge in [-0.2, -0.15) is 0 Å². The summed E-state index contributed by atoms with van der Waals surface area (Å²) in [7, 11) is 0. The van der Waals surface area contributed by atoms with Crippen LogP contribution in [0.25, 0.3) is 0 Å². The molecule has 8 nitrogen and oxygen atoms in total. The van der Waals surface area contributed by atoms with E-state index in [-0.39, 0.29) is 0 Å². The molecule has 2 amide bonds. The van der Waals surface area contributed by atoms with Crippen molar-refractivity contribution in [1.82, 2.24) is 5.32 Å². The second-order valence-electron chi connectivity index (χ2n) is 3.75. The van der Waals surface area contributed by atoms with Crippen molar-refractivity contribution in [3.8, 4) is 0 Å². The second kappa shape index (κ2) is 9.34. The first kappa shape index (κ1) is 17.4. The number of hydrogen-bond acceptors (Lipinski definition) is 4. The van der Waals surface area contributed by atoms with Crippen molar-refractivity contribution in [1.29, 1.82) is 0 Å². The standard InChI is InChI=1S/C9H11NO2.C3H6N2O3/c10-8(9(11)12)6-7-4-2-1-3-5-7;4-3(8)5-1-2(6)7/h1-5,8H,6,10H2,(H,11,12);1H2,(H,6,7)(H3,4,5,8). The Morgan fingerprint density at radius 3 is 2.05 bits per heavy atom. The van der Waals surface area contributed by atoms with Gasteiger partial charge in [0.1, 0.15) is 12.6 Å². The van der Waals surface area contributed by atoms with Crippen LogP contribution in [0, 0.1) is 0 Å².